The highest BCUT2D eigenvalue weighted by molar-refractivity contribution is 5.47. The van der Waals surface area contributed by atoms with Gasteiger partial charge in [-0.3, -0.25) is 0 Å². The van der Waals surface area contributed by atoms with Gasteiger partial charge in [-0.15, -0.1) is 0 Å². The molecule has 0 saturated heterocycles. The standard InChI is InChI=1S/C18H18/c1-3-8-14(9-4-1)17-16-12-7-13-18(16,17)15-10-5-2-6-11-15/h1-6,8-11,16-17H,7,12-13H2/t16-,17-,18+/m0/s1. The Morgan fingerprint density at radius 1 is 0.833 bits per heavy atom. The number of hydrogen-bond acceptors (Lipinski definition) is 0. The Balaban J connectivity index is 1.77. The zero-order valence-electron chi connectivity index (χ0n) is 10.5. The number of hydrogen-bond donors (Lipinski definition) is 0. The van der Waals surface area contributed by atoms with Crippen molar-refractivity contribution in [2.75, 3.05) is 0 Å². The highest BCUT2D eigenvalue weighted by Crippen LogP contribution is 2.73. The Morgan fingerprint density at radius 3 is 2.22 bits per heavy atom. The fourth-order valence-electron chi connectivity index (χ4n) is 4.37. The quantitative estimate of drug-likeness (QED) is 0.716. The molecule has 0 amide bonds. The molecular weight excluding hydrogens is 216 g/mol. The van der Waals surface area contributed by atoms with Gasteiger partial charge in [-0.05, 0) is 35.8 Å². The summed E-state index contributed by atoms with van der Waals surface area (Å²) in [6, 6.07) is 22.3. The summed E-state index contributed by atoms with van der Waals surface area (Å²) < 4.78 is 0. The SMILES string of the molecule is c1ccc([C@H]2[C@@H]3CCC[C@@]32c2ccccc2)cc1. The number of rotatable bonds is 2. The molecule has 2 aromatic carbocycles. The van der Waals surface area contributed by atoms with Crippen molar-refractivity contribution in [2.45, 2.75) is 30.6 Å². The molecule has 2 aliphatic rings. The summed E-state index contributed by atoms with van der Waals surface area (Å²) in [6.07, 6.45) is 4.19. The maximum atomic E-state index is 2.33. The minimum absolute atomic E-state index is 0.475. The first-order valence-corrected chi connectivity index (χ1v) is 7.03. The monoisotopic (exact) mass is 234 g/mol. The predicted octanol–water partition coefficient (Wildman–Crippen LogP) is 4.52. The Labute approximate surface area is 109 Å². The minimum atomic E-state index is 0.475. The maximum Gasteiger partial charge on any atom is 0.00589 e. The second-order valence-corrected chi connectivity index (χ2v) is 5.79. The summed E-state index contributed by atoms with van der Waals surface area (Å²) >= 11 is 0. The second kappa shape index (κ2) is 3.71. The summed E-state index contributed by atoms with van der Waals surface area (Å²) in [5, 5.41) is 0. The number of fused-ring (bicyclic) bond motifs is 1. The van der Waals surface area contributed by atoms with Crippen LogP contribution in [-0.2, 0) is 5.41 Å². The smallest absolute Gasteiger partial charge is 0.00589 e. The summed E-state index contributed by atoms with van der Waals surface area (Å²) in [6.45, 7) is 0. The van der Waals surface area contributed by atoms with Crippen molar-refractivity contribution >= 4 is 0 Å². The first kappa shape index (κ1) is 10.4. The van der Waals surface area contributed by atoms with Crippen molar-refractivity contribution in [2.24, 2.45) is 5.92 Å². The topological polar surface area (TPSA) is 0 Å². The van der Waals surface area contributed by atoms with E-state index in [2.05, 4.69) is 60.7 Å². The molecule has 0 unspecified atom stereocenters. The normalized spacial score (nSPS) is 33.1. The first-order chi connectivity index (χ1) is 8.93. The maximum absolute atomic E-state index is 2.33. The van der Waals surface area contributed by atoms with E-state index in [9.17, 15) is 0 Å². The van der Waals surface area contributed by atoms with Crippen LogP contribution in [0.2, 0.25) is 0 Å². The van der Waals surface area contributed by atoms with Gasteiger partial charge in [-0.2, -0.15) is 0 Å². The third-order valence-corrected chi connectivity index (χ3v) is 5.09. The van der Waals surface area contributed by atoms with Crippen LogP contribution in [0, 0.1) is 5.92 Å². The molecule has 0 heteroatoms. The summed E-state index contributed by atoms with van der Waals surface area (Å²) in [5.74, 6) is 1.66. The van der Waals surface area contributed by atoms with Gasteiger partial charge in [0.2, 0.25) is 0 Å². The highest BCUT2D eigenvalue weighted by atomic mass is 14.7. The lowest BCUT2D eigenvalue weighted by atomic mass is 9.88. The minimum Gasteiger partial charge on any atom is -0.0622 e. The summed E-state index contributed by atoms with van der Waals surface area (Å²) in [4.78, 5) is 0. The van der Waals surface area contributed by atoms with Crippen LogP contribution in [0.25, 0.3) is 0 Å². The molecule has 0 aliphatic heterocycles. The Kier molecular flexibility index (Phi) is 2.14. The molecule has 2 aliphatic carbocycles. The molecule has 0 aromatic heterocycles. The van der Waals surface area contributed by atoms with Gasteiger partial charge < -0.3 is 0 Å². The molecule has 0 heterocycles. The molecular formula is C18H18. The van der Waals surface area contributed by atoms with Gasteiger partial charge in [0, 0.05) is 5.41 Å². The zero-order valence-corrected chi connectivity index (χ0v) is 10.5. The fourth-order valence-corrected chi connectivity index (χ4v) is 4.37. The Bertz CT molecular complexity index is 543. The van der Waals surface area contributed by atoms with E-state index in [1.807, 2.05) is 0 Å². The van der Waals surface area contributed by atoms with Crippen molar-refractivity contribution < 1.29 is 0 Å². The first-order valence-electron chi connectivity index (χ1n) is 7.03. The van der Waals surface area contributed by atoms with Crippen LogP contribution in [0.1, 0.15) is 36.3 Å². The van der Waals surface area contributed by atoms with Gasteiger partial charge in [0.1, 0.15) is 0 Å². The molecule has 0 N–H and O–H groups in total. The van der Waals surface area contributed by atoms with Crippen molar-refractivity contribution in [1.82, 2.24) is 0 Å². The fraction of sp³-hybridized carbons (Fsp3) is 0.333. The average Bonchev–Trinajstić information content (AvgIpc) is 2.90. The summed E-state index contributed by atoms with van der Waals surface area (Å²) in [7, 11) is 0. The molecule has 2 aromatic rings. The van der Waals surface area contributed by atoms with E-state index in [0.717, 1.165) is 11.8 Å². The van der Waals surface area contributed by atoms with Crippen molar-refractivity contribution in [3.05, 3.63) is 71.8 Å². The number of benzene rings is 2. The van der Waals surface area contributed by atoms with Crippen molar-refractivity contribution in [3.8, 4) is 0 Å². The van der Waals surface area contributed by atoms with Crippen molar-refractivity contribution in [3.63, 3.8) is 0 Å². The molecule has 2 fully saturated rings. The van der Waals surface area contributed by atoms with Crippen molar-refractivity contribution in [1.29, 1.82) is 0 Å². The van der Waals surface area contributed by atoms with Crippen LogP contribution in [0.4, 0.5) is 0 Å². The second-order valence-electron chi connectivity index (χ2n) is 5.79. The van der Waals surface area contributed by atoms with E-state index in [-0.39, 0.29) is 0 Å². The molecule has 18 heavy (non-hydrogen) atoms. The molecule has 0 nitrogen and oxygen atoms in total. The van der Waals surface area contributed by atoms with Crippen LogP contribution in [0.3, 0.4) is 0 Å². The van der Waals surface area contributed by atoms with Gasteiger partial charge in [0.15, 0.2) is 0 Å². The van der Waals surface area contributed by atoms with Crippen LogP contribution in [0.15, 0.2) is 60.7 Å². The average molecular weight is 234 g/mol. The van der Waals surface area contributed by atoms with Gasteiger partial charge in [0.05, 0.1) is 0 Å². The molecule has 4 rings (SSSR count). The molecule has 90 valence electrons. The van der Waals surface area contributed by atoms with E-state index < -0.39 is 0 Å². The third-order valence-electron chi connectivity index (χ3n) is 5.09. The van der Waals surface area contributed by atoms with Crippen LogP contribution >= 0.6 is 0 Å². The van der Waals surface area contributed by atoms with E-state index in [1.54, 1.807) is 11.1 Å². The lowest BCUT2D eigenvalue weighted by molar-refractivity contribution is 0.622. The van der Waals surface area contributed by atoms with Crippen LogP contribution < -0.4 is 0 Å². The predicted molar refractivity (Wildman–Crippen MR) is 74.6 cm³/mol. The van der Waals surface area contributed by atoms with Gasteiger partial charge in [-0.25, -0.2) is 0 Å². The lowest BCUT2D eigenvalue weighted by Crippen LogP contribution is -2.08. The molecule has 0 spiro atoms. The molecule has 2 saturated carbocycles. The van der Waals surface area contributed by atoms with Gasteiger partial charge in [0.25, 0.3) is 0 Å². The van der Waals surface area contributed by atoms with Crippen LogP contribution in [-0.4, -0.2) is 0 Å². The molecule has 0 bridgehead atoms. The van der Waals surface area contributed by atoms with E-state index >= 15 is 0 Å². The van der Waals surface area contributed by atoms with E-state index in [0.29, 0.717) is 5.41 Å². The third kappa shape index (κ3) is 1.26. The summed E-state index contributed by atoms with van der Waals surface area (Å²) in [5.41, 5.74) is 3.59. The lowest BCUT2D eigenvalue weighted by Gasteiger charge is -2.16. The largest absolute Gasteiger partial charge is 0.0622 e. The highest BCUT2D eigenvalue weighted by Gasteiger charge is 2.67. The Morgan fingerprint density at radius 2 is 1.50 bits per heavy atom. The molecule has 0 radical (unpaired) electrons. The van der Waals surface area contributed by atoms with E-state index in [4.69, 9.17) is 0 Å². The van der Waals surface area contributed by atoms with E-state index in [1.165, 1.54) is 19.3 Å². The Hall–Kier alpha value is -1.56. The van der Waals surface area contributed by atoms with Gasteiger partial charge >= 0.3 is 0 Å². The van der Waals surface area contributed by atoms with Crippen LogP contribution in [0.5, 0.6) is 0 Å². The zero-order chi connectivity index (χ0) is 12.0. The van der Waals surface area contributed by atoms with Gasteiger partial charge in [-0.1, -0.05) is 67.1 Å². The molecule has 3 atom stereocenters.